The molecular weight excluding hydrogens is 783 g/mol. The van der Waals surface area contributed by atoms with Gasteiger partial charge in [0.15, 0.2) is 12.3 Å². The zero-order chi connectivity index (χ0) is 42.8. The Morgan fingerprint density at radius 1 is 0.774 bits per heavy atom. The first-order valence-electron chi connectivity index (χ1n) is 22.3. The molecule has 5 aromatic rings. The SMILES string of the molecule is CCOCCN1CCN(c2cc(-c3ccccc3)nc3c(-c4cccc(CCCCCN5CCN(C(=O)COc6ccc(N7CCC(=O)NC7=O)cc6)CC5)c4)c(C)nn23)CC1. The third kappa shape index (κ3) is 10.4. The molecule has 3 aromatic carbocycles. The summed E-state index contributed by atoms with van der Waals surface area (Å²) < 4.78 is 13.5. The molecule has 0 bridgehead atoms. The minimum atomic E-state index is -0.429. The highest BCUT2D eigenvalue weighted by atomic mass is 16.5. The third-order valence-electron chi connectivity index (χ3n) is 12.2. The number of fused-ring (bicyclic) bond motifs is 1. The molecule has 5 heterocycles. The van der Waals surface area contributed by atoms with E-state index < -0.39 is 6.03 Å². The van der Waals surface area contributed by atoms with Crippen LogP contribution in [0.4, 0.5) is 16.3 Å². The number of carbonyl (C=O) groups excluding carboxylic acids is 3. The minimum Gasteiger partial charge on any atom is -0.484 e. The van der Waals surface area contributed by atoms with Gasteiger partial charge in [0.05, 0.1) is 18.0 Å². The van der Waals surface area contributed by atoms with E-state index in [0.29, 0.717) is 31.1 Å². The van der Waals surface area contributed by atoms with E-state index in [-0.39, 0.29) is 24.8 Å². The van der Waals surface area contributed by atoms with Crippen LogP contribution in [0.2, 0.25) is 0 Å². The van der Waals surface area contributed by atoms with Crippen LogP contribution < -0.4 is 19.9 Å². The number of urea groups is 1. The molecule has 2 aromatic heterocycles. The van der Waals surface area contributed by atoms with E-state index in [1.807, 2.05) is 17.9 Å². The molecule has 8 rings (SSSR count). The number of carbonyl (C=O) groups is 3. The van der Waals surface area contributed by atoms with Crippen LogP contribution in [-0.2, 0) is 20.7 Å². The second-order valence-corrected chi connectivity index (χ2v) is 16.4. The molecule has 0 saturated carbocycles. The average Bonchev–Trinajstić information content (AvgIpc) is 3.64. The van der Waals surface area contributed by atoms with Gasteiger partial charge in [0.1, 0.15) is 11.6 Å². The predicted octanol–water partition coefficient (Wildman–Crippen LogP) is 5.91. The zero-order valence-electron chi connectivity index (χ0n) is 36.1. The molecular formula is C48H59N9O5. The van der Waals surface area contributed by atoms with Crippen molar-refractivity contribution in [1.29, 1.82) is 0 Å². The average molecular weight is 842 g/mol. The minimum absolute atomic E-state index is 0.0279. The fourth-order valence-corrected chi connectivity index (χ4v) is 8.68. The topological polar surface area (TPSA) is 128 Å². The van der Waals surface area contributed by atoms with Crippen molar-refractivity contribution in [2.45, 2.75) is 46.0 Å². The second-order valence-electron chi connectivity index (χ2n) is 16.4. The van der Waals surface area contributed by atoms with Crippen LogP contribution in [0.3, 0.4) is 0 Å². The second kappa shape index (κ2) is 20.4. The third-order valence-corrected chi connectivity index (χ3v) is 12.2. The van der Waals surface area contributed by atoms with E-state index in [1.54, 1.807) is 24.3 Å². The summed E-state index contributed by atoms with van der Waals surface area (Å²) in [6.45, 7) is 14.8. The number of hydrogen-bond donors (Lipinski definition) is 1. The van der Waals surface area contributed by atoms with E-state index >= 15 is 0 Å². The van der Waals surface area contributed by atoms with Crippen molar-refractivity contribution in [3.8, 4) is 28.1 Å². The first-order valence-corrected chi connectivity index (χ1v) is 22.3. The lowest BCUT2D eigenvalue weighted by Gasteiger charge is -2.36. The van der Waals surface area contributed by atoms with E-state index in [1.165, 1.54) is 10.5 Å². The summed E-state index contributed by atoms with van der Waals surface area (Å²) in [5.41, 5.74) is 8.15. The molecule has 3 saturated heterocycles. The Balaban J connectivity index is 0.814. The van der Waals surface area contributed by atoms with E-state index in [9.17, 15) is 14.4 Å². The van der Waals surface area contributed by atoms with Crippen molar-refractivity contribution in [3.63, 3.8) is 0 Å². The molecule has 0 aliphatic carbocycles. The van der Waals surface area contributed by atoms with Crippen molar-refractivity contribution in [2.24, 2.45) is 0 Å². The van der Waals surface area contributed by atoms with Crippen LogP contribution in [0.5, 0.6) is 5.75 Å². The number of aromatic nitrogens is 3. The summed E-state index contributed by atoms with van der Waals surface area (Å²) in [7, 11) is 0. The largest absolute Gasteiger partial charge is 0.484 e. The van der Waals surface area contributed by atoms with Crippen molar-refractivity contribution >= 4 is 35.0 Å². The highest BCUT2D eigenvalue weighted by Gasteiger charge is 2.26. The first-order chi connectivity index (χ1) is 30.3. The van der Waals surface area contributed by atoms with Crippen LogP contribution in [-0.4, -0.2) is 139 Å². The lowest BCUT2D eigenvalue weighted by Crippen LogP contribution is -2.50. The predicted molar refractivity (Wildman–Crippen MR) is 242 cm³/mol. The number of nitrogens with one attached hydrogen (secondary N) is 1. The Morgan fingerprint density at radius 2 is 1.52 bits per heavy atom. The maximum absolute atomic E-state index is 13.0. The number of nitrogens with zero attached hydrogens (tertiary/aromatic N) is 8. The number of benzene rings is 3. The van der Waals surface area contributed by atoms with Crippen LogP contribution in [0.1, 0.15) is 43.9 Å². The van der Waals surface area contributed by atoms with Crippen LogP contribution >= 0.6 is 0 Å². The number of rotatable bonds is 17. The summed E-state index contributed by atoms with van der Waals surface area (Å²) in [6.07, 6.45) is 4.63. The quantitative estimate of drug-likeness (QED) is 0.113. The molecule has 0 radical (unpaired) electrons. The molecule has 62 heavy (non-hydrogen) atoms. The lowest BCUT2D eigenvalue weighted by atomic mass is 10.00. The number of anilines is 2. The molecule has 0 unspecified atom stereocenters. The van der Waals surface area contributed by atoms with Gasteiger partial charge in [0, 0.05) is 101 Å². The van der Waals surface area contributed by atoms with Crippen molar-refractivity contribution < 1.29 is 23.9 Å². The summed E-state index contributed by atoms with van der Waals surface area (Å²) in [6, 6.07) is 28.2. The molecule has 3 aliphatic heterocycles. The number of piperazine rings is 2. The van der Waals surface area contributed by atoms with Gasteiger partial charge >= 0.3 is 6.03 Å². The number of aryl methyl sites for hydroxylation is 2. The van der Waals surface area contributed by atoms with Crippen molar-refractivity contribution in [3.05, 3.63) is 96.2 Å². The summed E-state index contributed by atoms with van der Waals surface area (Å²) in [5.74, 6) is 1.34. The Morgan fingerprint density at radius 3 is 2.27 bits per heavy atom. The molecule has 14 nitrogen and oxygen atoms in total. The number of imide groups is 1. The summed E-state index contributed by atoms with van der Waals surface area (Å²) >= 11 is 0. The lowest BCUT2D eigenvalue weighted by molar-refractivity contribution is -0.135. The van der Waals surface area contributed by atoms with E-state index in [0.717, 1.165) is 131 Å². The fraction of sp³-hybridized carbons (Fsp3) is 0.438. The van der Waals surface area contributed by atoms with Crippen LogP contribution in [0.15, 0.2) is 84.9 Å². The van der Waals surface area contributed by atoms with Gasteiger partial charge < -0.3 is 19.3 Å². The van der Waals surface area contributed by atoms with Crippen molar-refractivity contribution in [2.75, 3.05) is 102 Å². The molecule has 4 amide bonds. The van der Waals surface area contributed by atoms with Gasteiger partial charge in [-0.25, -0.2) is 9.78 Å². The standard InChI is InChI=1S/C48H59N9O5/c1-3-61-32-31-53-23-27-54(28-24-53)44-34-42(38-13-7-4-8-14-38)49-47-46(36(2)51-57(44)47)39-15-10-12-37(33-39)11-6-5-9-21-52-25-29-55(30-26-52)45(59)35-62-41-18-16-40(17-19-41)56-22-20-43(58)50-48(56)60/h4,7-8,10,12-19,33-34H,3,5-6,9,11,20-32,35H2,1-2H3,(H,50,58,60). The maximum atomic E-state index is 13.0. The number of amides is 4. The molecule has 3 aliphatic rings. The number of ether oxygens (including phenoxy) is 2. The number of unbranched alkanes of at least 4 members (excludes halogenated alkanes) is 2. The smallest absolute Gasteiger partial charge is 0.328 e. The Bertz CT molecular complexity index is 2300. The molecule has 1 N–H and O–H groups in total. The zero-order valence-corrected chi connectivity index (χ0v) is 36.1. The van der Waals surface area contributed by atoms with Gasteiger partial charge in [-0.1, -0.05) is 61.0 Å². The maximum Gasteiger partial charge on any atom is 0.328 e. The molecule has 0 spiro atoms. The van der Waals surface area contributed by atoms with Gasteiger partial charge in [-0.2, -0.15) is 9.61 Å². The highest BCUT2D eigenvalue weighted by molar-refractivity contribution is 6.05. The highest BCUT2D eigenvalue weighted by Crippen LogP contribution is 2.34. The van der Waals surface area contributed by atoms with E-state index in [4.69, 9.17) is 19.6 Å². The van der Waals surface area contributed by atoms with Crippen LogP contribution in [0, 0.1) is 6.92 Å². The normalized spacial score (nSPS) is 16.6. The molecule has 14 heteroatoms. The molecule has 326 valence electrons. The number of hydrogen-bond acceptors (Lipinski definition) is 10. The van der Waals surface area contributed by atoms with Gasteiger partial charge in [0.2, 0.25) is 5.91 Å². The first kappa shape index (κ1) is 42.8. The monoisotopic (exact) mass is 841 g/mol. The Kier molecular flexibility index (Phi) is 14.1. The Hall–Kier alpha value is -5.83. The van der Waals surface area contributed by atoms with Gasteiger partial charge in [-0.05, 0) is 75.0 Å². The van der Waals surface area contributed by atoms with E-state index in [2.05, 4.69) is 86.1 Å². The Labute approximate surface area is 364 Å². The van der Waals surface area contributed by atoms with Gasteiger partial charge in [-0.3, -0.25) is 29.6 Å². The van der Waals surface area contributed by atoms with Crippen LogP contribution in [0.25, 0.3) is 28.0 Å². The van der Waals surface area contributed by atoms with Gasteiger partial charge in [0.25, 0.3) is 5.91 Å². The van der Waals surface area contributed by atoms with Crippen molar-refractivity contribution in [1.82, 2.24) is 34.6 Å². The molecule has 3 fully saturated rings. The summed E-state index contributed by atoms with van der Waals surface area (Å²) in [4.78, 5) is 52.6. The fourth-order valence-electron chi connectivity index (χ4n) is 8.68. The summed E-state index contributed by atoms with van der Waals surface area (Å²) in [5, 5.41) is 7.45. The molecule has 0 atom stereocenters. The van der Waals surface area contributed by atoms with Gasteiger partial charge in [-0.15, -0.1) is 0 Å².